The van der Waals surface area contributed by atoms with Gasteiger partial charge < -0.3 is 5.73 Å². The lowest BCUT2D eigenvalue weighted by molar-refractivity contribution is -0.117. The van der Waals surface area contributed by atoms with E-state index >= 15 is 0 Å². The Hall–Kier alpha value is -1.82. The fourth-order valence-corrected chi connectivity index (χ4v) is 1.04. The number of carbonyl (C=O) groups is 1. The van der Waals surface area contributed by atoms with Gasteiger partial charge in [0.05, 0.1) is 6.42 Å². The maximum Gasteiger partial charge on any atom is 0.221 e. The molecule has 0 unspecified atom stereocenters. The van der Waals surface area contributed by atoms with E-state index in [-0.39, 0.29) is 6.42 Å². The van der Waals surface area contributed by atoms with E-state index in [0.29, 0.717) is 11.1 Å². The highest BCUT2D eigenvalue weighted by molar-refractivity contribution is 5.77. The minimum Gasteiger partial charge on any atom is -0.369 e. The number of carbonyl (C=O) groups excluding carboxylic acids is 1. The SMILES string of the molecule is C#Cc1ccc(F)cc1CC(N)=O. The Bertz CT molecular complexity index is 379. The third-order valence-electron chi connectivity index (χ3n) is 1.59. The number of amides is 1. The van der Waals surface area contributed by atoms with Crippen molar-refractivity contribution in [3.63, 3.8) is 0 Å². The summed E-state index contributed by atoms with van der Waals surface area (Å²) in [6.07, 6.45) is 5.12. The van der Waals surface area contributed by atoms with Crippen LogP contribution in [0.15, 0.2) is 18.2 Å². The average molecular weight is 177 g/mol. The topological polar surface area (TPSA) is 43.1 Å². The van der Waals surface area contributed by atoms with Gasteiger partial charge in [0.2, 0.25) is 5.91 Å². The zero-order chi connectivity index (χ0) is 9.84. The Kier molecular flexibility index (Phi) is 2.65. The molecule has 1 aromatic rings. The molecule has 0 aromatic heterocycles. The molecule has 0 bridgehead atoms. The molecule has 66 valence electrons. The average Bonchev–Trinajstić information content (AvgIpc) is 2.03. The molecule has 0 radical (unpaired) electrons. The minimum absolute atomic E-state index is 0.0305. The molecule has 1 amide bonds. The van der Waals surface area contributed by atoms with Crippen molar-refractivity contribution in [3.8, 4) is 12.3 Å². The van der Waals surface area contributed by atoms with Crippen molar-refractivity contribution in [3.05, 3.63) is 35.1 Å². The molecule has 0 aliphatic rings. The summed E-state index contributed by atoms with van der Waals surface area (Å²) in [5.41, 5.74) is 5.92. The van der Waals surface area contributed by atoms with Gasteiger partial charge in [0.1, 0.15) is 5.82 Å². The smallest absolute Gasteiger partial charge is 0.221 e. The van der Waals surface area contributed by atoms with Crippen LogP contribution in [0.1, 0.15) is 11.1 Å². The molecule has 0 spiro atoms. The zero-order valence-corrected chi connectivity index (χ0v) is 6.88. The van der Waals surface area contributed by atoms with Crippen LogP contribution in [0.3, 0.4) is 0 Å². The molecule has 0 aliphatic carbocycles. The molecule has 0 saturated carbocycles. The first-order chi connectivity index (χ1) is 6.13. The molecule has 13 heavy (non-hydrogen) atoms. The van der Waals surface area contributed by atoms with Gasteiger partial charge in [-0.15, -0.1) is 6.42 Å². The molecule has 0 heterocycles. The predicted molar refractivity (Wildman–Crippen MR) is 47.2 cm³/mol. The fraction of sp³-hybridized carbons (Fsp3) is 0.100. The maximum atomic E-state index is 12.7. The summed E-state index contributed by atoms with van der Waals surface area (Å²) in [6.45, 7) is 0. The Morgan fingerprint density at radius 3 is 2.85 bits per heavy atom. The third kappa shape index (κ3) is 2.31. The molecular weight excluding hydrogens is 169 g/mol. The number of benzene rings is 1. The molecule has 3 heteroatoms. The van der Waals surface area contributed by atoms with Crippen LogP contribution in [0, 0.1) is 18.2 Å². The van der Waals surface area contributed by atoms with Crippen molar-refractivity contribution in [2.24, 2.45) is 5.73 Å². The molecule has 0 saturated heterocycles. The van der Waals surface area contributed by atoms with Crippen LogP contribution >= 0.6 is 0 Å². The van der Waals surface area contributed by atoms with Crippen molar-refractivity contribution in [2.45, 2.75) is 6.42 Å². The van der Waals surface area contributed by atoms with Crippen LogP contribution in [-0.2, 0) is 11.2 Å². The van der Waals surface area contributed by atoms with Gasteiger partial charge in [-0.1, -0.05) is 5.92 Å². The Morgan fingerprint density at radius 2 is 2.31 bits per heavy atom. The molecule has 2 N–H and O–H groups in total. The fourth-order valence-electron chi connectivity index (χ4n) is 1.04. The van der Waals surface area contributed by atoms with Crippen LogP contribution in [0.4, 0.5) is 4.39 Å². The number of rotatable bonds is 2. The van der Waals surface area contributed by atoms with Gasteiger partial charge in [-0.2, -0.15) is 0 Å². The zero-order valence-electron chi connectivity index (χ0n) is 6.88. The Balaban J connectivity index is 3.10. The van der Waals surface area contributed by atoms with E-state index in [2.05, 4.69) is 5.92 Å². The molecular formula is C10H8FNO. The first-order valence-electron chi connectivity index (χ1n) is 3.67. The van der Waals surface area contributed by atoms with Gasteiger partial charge >= 0.3 is 0 Å². The lowest BCUT2D eigenvalue weighted by Crippen LogP contribution is -2.14. The van der Waals surface area contributed by atoms with E-state index in [9.17, 15) is 9.18 Å². The maximum absolute atomic E-state index is 12.7. The minimum atomic E-state index is -0.526. The van der Waals surface area contributed by atoms with E-state index in [0.717, 1.165) is 0 Å². The number of nitrogens with two attached hydrogens (primary N) is 1. The molecule has 2 nitrogen and oxygen atoms in total. The standard InChI is InChI=1S/C10H8FNO/c1-2-7-3-4-9(11)5-8(7)6-10(12)13/h1,3-5H,6H2,(H2,12,13). The predicted octanol–water partition coefficient (Wildman–Crippen LogP) is 0.835. The van der Waals surface area contributed by atoms with E-state index in [1.54, 1.807) is 0 Å². The van der Waals surface area contributed by atoms with Gasteiger partial charge in [-0.25, -0.2) is 4.39 Å². The highest BCUT2D eigenvalue weighted by Gasteiger charge is 2.04. The summed E-state index contributed by atoms with van der Waals surface area (Å²) in [5.74, 6) is 1.41. The van der Waals surface area contributed by atoms with Crippen LogP contribution in [0.25, 0.3) is 0 Å². The van der Waals surface area contributed by atoms with Crippen molar-refractivity contribution in [1.82, 2.24) is 0 Å². The summed E-state index contributed by atoms with van der Waals surface area (Å²) in [7, 11) is 0. The van der Waals surface area contributed by atoms with E-state index < -0.39 is 11.7 Å². The van der Waals surface area contributed by atoms with Gasteiger partial charge in [-0.3, -0.25) is 4.79 Å². The van der Waals surface area contributed by atoms with Crippen LogP contribution < -0.4 is 5.73 Å². The second-order valence-corrected chi connectivity index (χ2v) is 2.59. The van der Waals surface area contributed by atoms with Gasteiger partial charge in [0.15, 0.2) is 0 Å². The normalized spacial score (nSPS) is 9.23. The highest BCUT2D eigenvalue weighted by Crippen LogP contribution is 2.10. The summed E-state index contributed by atoms with van der Waals surface area (Å²) in [4.78, 5) is 10.6. The van der Waals surface area contributed by atoms with Crippen molar-refractivity contribution < 1.29 is 9.18 Å². The van der Waals surface area contributed by atoms with Crippen molar-refractivity contribution >= 4 is 5.91 Å². The first-order valence-corrected chi connectivity index (χ1v) is 3.67. The van der Waals surface area contributed by atoms with Gasteiger partial charge in [0.25, 0.3) is 0 Å². The molecule has 1 aromatic carbocycles. The lowest BCUT2D eigenvalue weighted by Gasteiger charge is -2.01. The molecule has 0 aliphatic heterocycles. The largest absolute Gasteiger partial charge is 0.369 e. The summed E-state index contributed by atoms with van der Waals surface area (Å²) < 4.78 is 12.7. The van der Waals surface area contributed by atoms with Crippen LogP contribution in [-0.4, -0.2) is 5.91 Å². The number of hydrogen-bond donors (Lipinski definition) is 1. The van der Waals surface area contributed by atoms with Gasteiger partial charge in [-0.05, 0) is 23.8 Å². The Labute approximate surface area is 75.6 Å². The summed E-state index contributed by atoms with van der Waals surface area (Å²) in [6, 6.07) is 3.92. The van der Waals surface area contributed by atoms with Crippen molar-refractivity contribution in [2.75, 3.05) is 0 Å². The number of primary amides is 1. The number of terminal acetylenes is 1. The highest BCUT2D eigenvalue weighted by atomic mass is 19.1. The van der Waals surface area contributed by atoms with E-state index in [4.69, 9.17) is 12.2 Å². The third-order valence-corrected chi connectivity index (χ3v) is 1.59. The van der Waals surface area contributed by atoms with Gasteiger partial charge in [0, 0.05) is 5.56 Å². The van der Waals surface area contributed by atoms with E-state index in [1.165, 1.54) is 18.2 Å². The monoisotopic (exact) mass is 177 g/mol. The second kappa shape index (κ2) is 3.72. The van der Waals surface area contributed by atoms with Crippen molar-refractivity contribution in [1.29, 1.82) is 0 Å². The summed E-state index contributed by atoms with van der Waals surface area (Å²) in [5, 5.41) is 0. The quantitative estimate of drug-likeness (QED) is 0.668. The molecule has 1 rings (SSSR count). The lowest BCUT2D eigenvalue weighted by atomic mass is 10.0. The van der Waals surface area contributed by atoms with Crippen LogP contribution in [0.2, 0.25) is 0 Å². The van der Waals surface area contributed by atoms with E-state index in [1.807, 2.05) is 0 Å². The molecule has 0 fully saturated rings. The number of hydrogen-bond acceptors (Lipinski definition) is 1. The second-order valence-electron chi connectivity index (χ2n) is 2.59. The summed E-state index contributed by atoms with van der Waals surface area (Å²) >= 11 is 0. The Morgan fingerprint density at radius 1 is 1.62 bits per heavy atom. The molecule has 0 atom stereocenters. The van der Waals surface area contributed by atoms with Crippen LogP contribution in [0.5, 0.6) is 0 Å². The number of halogens is 1. The first kappa shape index (κ1) is 9.27.